The zero-order chi connectivity index (χ0) is 13.0. The van der Waals surface area contributed by atoms with E-state index in [1.165, 1.54) is 7.11 Å². The smallest absolute Gasteiger partial charge is 0.307 e. The van der Waals surface area contributed by atoms with Gasteiger partial charge in [0.1, 0.15) is 0 Å². The Bertz CT molecular complexity index is 375. The molecule has 1 unspecified atom stereocenters. The highest BCUT2D eigenvalue weighted by Crippen LogP contribution is 2.20. The lowest BCUT2D eigenvalue weighted by atomic mass is 10.2. The van der Waals surface area contributed by atoms with Gasteiger partial charge in [-0.1, -0.05) is 0 Å². The summed E-state index contributed by atoms with van der Waals surface area (Å²) in [5, 5.41) is 3.09. The van der Waals surface area contributed by atoms with Crippen molar-refractivity contribution in [2.75, 3.05) is 38.2 Å². The Morgan fingerprint density at radius 3 is 2.78 bits per heavy atom. The van der Waals surface area contributed by atoms with Gasteiger partial charge in [-0.05, 0) is 6.92 Å². The van der Waals surface area contributed by atoms with E-state index in [4.69, 9.17) is 4.74 Å². The van der Waals surface area contributed by atoms with Gasteiger partial charge in [-0.25, -0.2) is 4.98 Å². The lowest BCUT2D eigenvalue weighted by Crippen LogP contribution is -2.50. The molecule has 0 aliphatic carbocycles. The van der Waals surface area contributed by atoms with E-state index in [2.05, 4.69) is 21.7 Å². The molecule has 0 N–H and O–H groups in total. The predicted octanol–water partition coefficient (Wildman–Crippen LogP) is 1.22. The van der Waals surface area contributed by atoms with Crippen LogP contribution in [0.15, 0.2) is 11.6 Å². The number of thiazole rings is 1. The van der Waals surface area contributed by atoms with Crippen molar-refractivity contribution in [1.29, 1.82) is 0 Å². The van der Waals surface area contributed by atoms with Crippen LogP contribution in [-0.2, 0) is 9.53 Å². The molecule has 1 aromatic heterocycles. The van der Waals surface area contributed by atoms with Gasteiger partial charge in [0.2, 0.25) is 0 Å². The van der Waals surface area contributed by atoms with Crippen molar-refractivity contribution in [3.63, 3.8) is 0 Å². The van der Waals surface area contributed by atoms with Crippen LogP contribution in [0.25, 0.3) is 0 Å². The number of aromatic nitrogens is 1. The van der Waals surface area contributed by atoms with Gasteiger partial charge in [0.05, 0.1) is 13.5 Å². The van der Waals surface area contributed by atoms with Crippen molar-refractivity contribution in [3.05, 3.63) is 11.6 Å². The van der Waals surface area contributed by atoms with Crippen molar-refractivity contribution in [3.8, 4) is 0 Å². The number of carbonyl (C=O) groups excluding carboxylic acids is 1. The fourth-order valence-electron chi connectivity index (χ4n) is 2.18. The topological polar surface area (TPSA) is 45.7 Å². The van der Waals surface area contributed by atoms with E-state index in [9.17, 15) is 4.79 Å². The summed E-state index contributed by atoms with van der Waals surface area (Å²) in [7, 11) is 1.44. The third-order valence-electron chi connectivity index (χ3n) is 3.32. The van der Waals surface area contributed by atoms with Crippen LogP contribution < -0.4 is 4.90 Å². The number of anilines is 1. The normalized spacial score (nSPS) is 18.7. The maximum atomic E-state index is 11.2. The molecule has 1 aliphatic heterocycles. The Labute approximate surface area is 111 Å². The number of ether oxygens (including phenoxy) is 1. The Kier molecular flexibility index (Phi) is 4.54. The van der Waals surface area contributed by atoms with Crippen LogP contribution in [0.5, 0.6) is 0 Å². The van der Waals surface area contributed by atoms with E-state index < -0.39 is 0 Å². The van der Waals surface area contributed by atoms with E-state index in [0.29, 0.717) is 6.42 Å². The van der Waals surface area contributed by atoms with Crippen LogP contribution in [0, 0.1) is 0 Å². The number of piperazine rings is 1. The van der Waals surface area contributed by atoms with Crippen molar-refractivity contribution in [2.24, 2.45) is 0 Å². The molecule has 1 saturated heterocycles. The number of carbonyl (C=O) groups is 1. The minimum atomic E-state index is -0.134. The highest BCUT2D eigenvalue weighted by atomic mass is 32.1. The highest BCUT2D eigenvalue weighted by Gasteiger charge is 2.23. The van der Waals surface area contributed by atoms with E-state index in [1.807, 2.05) is 11.6 Å². The summed E-state index contributed by atoms with van der Waals surface area (Å²) in [6.45, 7) is 5.96. The van der Waals surface area contributed by atoms with Crippen LogP contribution in [0.2, 0.25) is 0 Å². The van der Waals surface area contributed by atoms with Crippen molar-refractivity contribution >= 4 is 22.4 Å². The maximum absolute atomic E-state index is 11.2. The molecule has 0 aromatic carbocycles. The number of hydrogen-bond donors (Lipinski definition) is 0. The number of hydrogen-bond acceptors (Lipinski definition) is 6. The molecular formula is C12H19N3O2S. The number of esters is 1. The summed E-state index contributed by atoms with van der Waals surface area (Å²) in [5.41, 5.74) is 0. The summed E-state index contributed by atoms with van der Waals surface area (Å²) in [6.07, 6.45) is 2.31. The molecule has 6 heteroatoms. The Hall–Kier alpha value is -1.14. The largest absolute Gasteiger partial charge is 0.469 e. The second-order valence-electron chi connectivity index (χ2n) is 4.47. The molecule has 1 fully saturated rings. The van der Waals surface area contributed by atoms with Crippen LogP contribution >= 0.6 is 11.3 Å². The lowest BCUT2D eigenvalue weighted by molar-refractivity contribution is -0.141. The van der Waals surface area contributed by atoms with Gasteiger partial charge >= 0.3 is 5.97 Å². The van der Waals surface area contributed by atoms with E-state index in [0.717, 1.165) is 31.3 Å². The second kappa shape index (κ2) is 6.15. The minimum absolute atomic E-state index is 0.134. The van der Waals surface area contributed by atoms with Gasteiger partial charge in [-0.2, -0.15) is 0 Å². The molecule has 0 bridgehead atoms. The van der Waals surface area contributed by atoms with Crippen LogP contribution in [0.1, 0.15) is 13.3 Å². The Morgan fingerprint density at radius 2 is 2.22 bits per heavy atom. The fraction of sp³-hybridized carbons (Fsp3) is 0.667. The molecular weight excluding hydrogens is 250 g/mol. The summed E-state index contributed by atoms with van der Waals surface area (Å²) in [4.78, 5) is 20.2. The van der Waals surface area contributed by atoms with Crippen molar-refractivity contribution in [1.82, 2.24) is 9.88 Å². The van der Waals surface area contributed by atoms with Crippen molar-refractivity contribution < 1.29 is 9.53 Å². The van der Waals surface area contributed by atoms with Gasteiger partial charge in [-0.3, -0.25) is 9.69 Å². The van der Waals surface area contributed by atoms with E-state index in [-0.39, 0.29) is 12.0 Å². The van der Waals surface area contributed by atoms with Crippen molar-refractivity contribution in [2.45, 2.75) is 19.4 Å². The van der Waals surface area contributed by atoms with Gasteiger partial charge in [0.15, 0.2) is 5.13 Å². The molecule has 1 aliphatic rings. The Morgan fingerprint density at radius 1 is 1.50 bits per heavy atom. The fourth-order valence-corrected chi connectivity index (χ4v) is 2.88. The van der Waals surface area contributed by atoms with Gasteiger partial charge < -0.3 is 9.64 Å². The molecule has 5 nitrogen and oxygen atoms in total. The van der Waals surface area contributed by atoms with Crippen LogP contribution in [0.3, 0.4) is 0 Å². The summed E-state index contributed by atoms with van der Waals surface area (Å²) >= 11 is 1.68. The number of methoxy groups -OCH3 is 1. The maximum Gasteiger partial charge on any atom is 0.307 e. The summed E-state index contributed by atoms with van der Waals surface area (Å²) < 4.78 is 4.71. The zero-order valence-corrected chi connectivity index (χ0v) is 11.7. The first kappa shape index (κ1) is 13.3. The predicted molar refractivity (Wildman–Crippen MR) is 72.0 cm³/mol. The number of nitrogens with zero attached hydrogens (tertiary/aromatic N) is 3. The summed E-state index contributed by atoms with van der Waals surface area (Å²) in [5.74, 6) is -0.134. The average molecular weight is 269 g/mol. The SMILES string of the molecule is COC(=O)CC(C)N1CCN(c2nccs2)CC1. The first-order valence-electron chi connectivity index (χ1n) is 6.16. The standard InChI is InChI=1S/C12H19N3O2S/c1-10(9-11(16)17-2)14-4-6-15(7-5-14)12-13-3-8-18-12/h3,8,10H,4-7,9H2,1-2H3. The second-order valence-corrected chi connectivity index (χ2v) is 5.34. The van der Waals surface area contributed by atoms with Gasteiger partial charge in [0.25, 0.3) is 0 Å². The third kappa shape index (κ3) is 3.20. The first-order chi connectivity index (χ1) is 8.70. The van der Waals surface area contributed by atoms with E-state index >= 15 is 0 Å². The molecule has 1 atom stereocenters. The minimum Gasteiger partial charge on any atom is -0.469 e. The van der Waals surface area contributed by atoms with Gasteiger partial charge in [-0.15, -0.1) is 11.3 Å². The molecule has 2 heterocycles. The average Bonchev–Trinajstić information content (AvgIpc) is 2.92. The monoisotopic (exact) mass is 269 g/mol. The molecule has 0 saturated carbocycles. The van der Waals surface area contributed by atoms with Gasteiger partial charge in [0, 0.05) is 43.8 Å². The molecule has 1 aromatic rings. The first-order valence-corrected chi connectivity index (χ1v) is 7.04. The molecule has 18 heavy (non-hydrogen) atoms. The van der Waals surface area contributed by atoms with E-state index in [1.54, 1.807) is 11.3 Å². The third-order valence-corrected chi connectivity index (χ3v) is 4.15. The highest BCUT2D eigenvalue weighted by molar-refractivity contribution is 7.13. The molecule has 0 spiro atoms. The Balaban J connectivity index is 1.81. The van der Waals surface area contributed by atoms with Crippen LogP contribution in [-0.4, -0.2) is 55.2 Å². The molecule has 100 valence electrons. The molecule has 2 rings (SSSR count). The van der Waals surface area contributed by atoms with Crippen LogP contribution in [0.4, 0.5) is 5.13 Å². The number of rotatable bonds is 4. The molecule has 0 radical (unpaired) electrons. The molecule has 0 amide bonds. The quantitative estimate of drug-likeness (QED) is 0.769. The summed E-state index contributed by atoms with van der Waals surface area (Å²) in [6, 6.07) is 0.246. The zero-order valence-electron chi connectivity index (χ0n) is 10.8. The lowest BCUT2D eigenvalue weighted by Gasteiger charge is -2.37.